The summed E-state index contributed by atoms with van der Waals surface area (Å²) in [7, 11) is 0. The van der Waals surface area contributed by atoms with Crippen LogP contribution in [0.3, 0.4) is 0 Å². The molecule has 88 valence electrons. The third kappa shape index (κ3) is 3.37. The summed E-state index contributed by atoms with van der Waals surface area (Å²) in [5, 5.41) is 4.08. The van der Waals surface area contributed by atoms with Crippen molar-refractivity contribution in [3.8, 4) is 0 Å². The highest BCUT2D eigenvalue weighted by Gasteiger charge is 2.08. The normalized spacial score (nSPS) is 10.4. The standard InChI is InChI=1S/C11H6Cl3IN2/c12-8-5-9(13)11(17-10(8)14)16-7-3-1-2-6(15)4-7/h1-5H,(H,16,17). The van der Waals surface area contributed by atoms with Crippen molar-refractivity contribution in [1.29, 1.82) is 0 Å². The lowest BCUT2D eigenvalue weighted by Gasteiger charge is -2.08. The van der Waals surface area contributed by atoms with Gasteiger partial charge in [0.25, 0.3) is 0 Å². The molecule has 0 aliphatic carbocycles. The van der Waals surface area contributed by atoms with Crippen LogP contribution in [-0.4, -0.2) is 4.98 Å². The number of hydrogen-bond acceptors (Lipinski definition) is 2. The minimum Gasteiger partial charge on any atom is -0.339 e. The van der Waals surface area contributed by atoms with E-state index < -0.39 is 0 Å². The molecule has 0 aliphatic heterocycles. The monoisotopic (exact) mass is 398 g/mol. The molecule has 17 heavy (non-hydrogen) atoms. The van der Waals surface area contributed by atoms with Crippen molar-refractivity contribution in [2.45, 2.75) is 0 Å². The van der Waals surface area contributed by atoms with Crippen molar-refractivity contribution in [2.24, 2.45) is 0 Å². The van der Waals surface area contributed by atoms with Gasteiger partial charge >= 0.3 is 0 Å². The molecule has 1 aromatic carbocycles. The zero-order valence-electron chi connectivity index (χ0n) is 8.35. The molecule has 0 bridgehead atoms. The number of nitrogens with one attached hydrogen (secondary N) is 1. The zero-order valence-corrected chi connectivity index (χ0v) is 12.8. The molecule has 6 heteroatoms. The van der Waals surface area contributed by atoms with E-state index in [1.54, 1.807) is 6.07 Å². The largest absolute Gasteiger partial charge is 0.339 e. The van der Waals surface area contributed by atoms with Crippen LogP contribution in [-0.2, 0) is 0 Å². The summed E-state index contributed by atoms with van der Waals surface area (Å²) in [6.07, 6.45) is 0. The van der Waals surface area contributed by atoms with Crippen molar-refractivity contribution in [3.63, 3.8) is 0 Å². The molecule has 2 rings (SSSR count). The van der Waals surface area contributed by atoms with Crippen LogP contribution in [0.4, 0.5) is 11.5 Å². The minimum absolute atomic E-state index is 0.226. The van der Waals surface area contributed by atoms with Crippen molar-refractivity contribution in [1.82, 2.24) is 4.98 Å². The molecule has 0 fully saturated rings. The Morgan fingerprint density at radius 3 is 2.53 bits per heavy atom. The van der Waals surface area contributed by atoms with E-state index in [0.29, 0.717) is 15.9 Å². The SMILES string of the molecule is Clc1cc(Cl)c(Nc2cccc(I)c2)nc1Cl. The second-order valence-corrected chi connectivity index (χ2v) is 5.64. The fourth-order valence-electron chi connectivity index (χ4n) is 1.23. The lowest BCUT2D eigenvalue weighted by molar-refractivity contribution is 1.31. The van der Waals surface area contributed by atoms with Gasteiger partial charge < -0.3 is 5.32 Å². The molecule has 0 radical (unpaired) electrons. The van der Waals surface area contributed by atoms with Gasteiger partial charge in [-0.3, -0.25) is 0 Å². The van der Waals surface area contributed by atoms with Crippen LogP contribution in [0, 0.1) is 3.57 Å². The summed E-state index contributed by atoms with van der Waals surface area (Å²) in [5.74, 6) is 0.489. The maximum Gasteiger partial charge on any atom is 0.151 e. The molecule has 0 atom stereocenters. The summed E-state index contributed by atoms with van der Waals surface area (Å²) in [5.41, 5.74) is 0.893. The molecule has 0 saturated heterocycles. The Kier molecular flexibility index (Phi) is 4.36. The summed E-state index contributed by atoms with van der Waals surface area (Å²) in [4.78, 5) is 4.09. The van der Waals surface area contributed by atoms with Gasteiger partial charge in [-0.1, -0.05) is 40.9 Å². The van der Waals surface area contributed by atoms with Crippen LogP contribution in [0.2, 0.25) is 15.2 Å². The van der Waals surface area contributed by atoms with Crippen molar-refractivity contribution in [3.05, 3.63) is 49.1 Å². The number of aromatic nitrogens is 1. The number of anilines is 2. The average molecular weight is 399 g/mol. The molecule has 2 aromatic rings. The van der Waals surface area contributed by atoms with E-state index in [0.717, 1.165) is 9.26 Å². The van der Waals surface area contributed by atoms with Gasteiger partial charge in [0.1, 0.15) is 5.15 Å². The number of pyridine rings is 1. The minimum atomic E-state index is 0.226. The van der Waals surface area contributed by atoms with Crippen molar-refractivity contribution < 1.29 is 0 Å². The average Bonchev–Trinajstić information content (AvgIpc) is 2.26. The first-order valence-electron chi connectivity index (χ1n) is 4.60. The van der Waals surface area contributed by atoms with Gasteiger partial charge in [-0.15, -0.1) is 0 Å². The Hall–Kier alpha value is -0.230. The smallest absolute Gasteiger partial charge is 0.151 e. The van der Waals surface area contributed by atoms with E-state index >= 15 is 0 Å². The molecule has 0 unspecified atom stereocenters. The van der Waals surface area contributed by atoms with Gasteiger partial charge in [-0.25, -0.2) is 4.98 Å². The highest BCUT2D eigenvalue weighted by molar-refractivity contribution is 14.1. The lowest BCUT2D eigenvalue weighted by atomic mass is 10.3. The second-order valence-electron chi connectivity index (χ2n) is 3.23. The molecule has 0 aliphatic rings. The number of hydrogen-bond donors (Lipinski definition) is 1. The number of benzene rings is 1. The molecule has 0 amide bonds. The van der Waals surface area contributed by atoms with E-state index in [9.17, 15) is 0 Å². The van der Waals surface area contributed by atoms with Crippen molar-refractivity contribution in [2.75, 3.05) is 5.32 Å². The van der Waals surface area contributed by atoms with Gasteiger partial charge in [-0.2, -0.15) is 0 Å². The maximum absolute atomic E-state index is 6.02. The quantitative estimate of drug-likeness (QED) is 0.541. The van der Waals surface area contributed by atoms with Gasteiger partial charge in [0.05, 0.1) is 10.0 Å². The van der Waals surface area contributed by atoms with Gasteiger partial charge in [0, 0.05) is 9.26 Å². The molecule has 1 aromatic heterocycles. The van der Waals surface area contributed by atoms with Crippen LogP contribution >= 0.6 is 57.4 Å². The predicted molar refractivity (Wildman–Crippen MR) is 81.7 cm³/mol. The lowest BCUT2D eigenvalue weighted by Crippen LogP contribution is -1.95. The molecular weight excluding hydrogens is 393 g/mol. The third-order valence-corrected chi connectivity index (χ3v) is 3.61. The molecule has 1 heterocycles. The van der Waals surface area contributed by atoms with Crippen molar-refractivity contribution >= 4 is 68.9 Å². The van der Waals surface area contributed by atoms with E-state index in [-0.39, 0.29) is 5.15 Å². The Labute approximate surface area is 127 Å². The Morgan fingerprint density at radius 2 is 1.82 bits per heavy atom. The molecule has 0 saturated carbocycles. The summed E-state index contributed by atoms with van der Waals surface area (Å²) < 4.78 is 1.11. The Balaban J connectivity index is 2.33. The zero-order chi connectivity index (χ0) is 12.4. The first-order chi connectivity index (χ1) is 8.06. The van der Waals surface area contributed by atoms with Crippen LogP contribution in [0.25, 0.3) is 0 Å². The van der Waals surface area contributed by atoms with Crippen LogP contribution in [0.15, 0.2) is 30.3 Å². The number of rotatable bonds is 2. The summed E-state index contributed by atoms with van der Waals surface area (Å²) in [6, 6.07) is 9.39. The summed E-state index contributed by atoms with van der Waals surface area (Å²) >= 11 is 19.9. The third-order valence-electron chi connectivity index (χ3n) is 1.97. The van der Waals surface area contributed by atoms with Gasteiger partial charge in [-0.05, 0) is 46.9 Å². The number of nitrogens with zero attached hydrogens (tertiary/aromatic N) is 1. The molecule has 0 spiro atoms. The van der Waals surface area contributed by atoms with Gasteiger partial charge in [0.2, 0.25) is 0 Å². The highest BCUT2D eigenvalue weighted by atomic mass is 127. The molecule has 1 N–H and O–H groups in total. The van der Waals surface area contributed by atoms with Crippen LogP contribution in [0.1, 0.15) is 0 Å². The molecule has 2 nitrogen and oxygen atoms in total. The van der Waals surface area contributed by atoms with Gasteiger partial charge in [0.15, 0.2) is 5.82 Å². The first kappa shape index (κ1) is 13.2. The number of halogens is 4. The van der Waals surface area contributed by atoms with E-state index in [4.69, 9.17) is 34.8 Å². The summed E-state index contributed by atoms with van der Waals surface area (Å²) in [6.45, 7) is 0. The first-order valence-corrected chi connectivity index (χ1v) is 6.81. The van der Waals surface area contributed by atoms with E-state index in [2.05, 4.69) is 32.9 Å². The Morgan fingerprint density at radius 1 is 1.06 bits per heavy atom. The topological polar surface area (TPSA) is 24.9 Å². The predicted octanol–water partition coefficient (Wildman–Crippen LogP) is 5.39. The highest BCUT2D eigenvalue weighted by Crippen LogP contribution is 2.30. The fourth-order valence-corrected chi connectivity index (χ4v) is 2.32. The fraction of sp³-hybridized carbons (Fsp3) is 0. The second kappa shape index (κ2) is 5.61. The van der Waals surface area contributed by atoms with Crippen LogP contribution in [0.5, 0.6) is 0 Å². The van der Waals surface area contributed by atoms with E-state index in [1.165, 1.54) is 0 Å². The molecular formula is C11H6Cl3IN2. The maximum atomic E-state index is 6.02. The van der Waals surface area contributed by atoms with E-state index in [1.807, 2.05) is 24.3 Å². The Bertz CT molecular complexity index is 560. The van der Waals surface area contributed by atoms with Crippen LogP contribution < -0.4 is 5.32 Å².